The fourth-order valence-electron chi connectivity index (χ4n) is 4.36. The summed E-state index contributed by atoms with van der Waals surface area (Å²) in [6.45, 7) is 3.35. The Bertz CT molecular complexity index is 1410. The number of aryl methyl sites for hydroxylation is 1. The lowest BCUT2D eigenvalue weighted by Crippen LogP contribution is -2.31. The number of aromatic amines is 1. The molecule has 0 aliphatic carbocycles. The zero-order chi connectivity index (χ0) is 23.1. The van der Waals surface area contributed by atoms with E-state index in [1.54, 1.807) is 43.0 Å². The number of nitrogens with two attached hydrogens (primary N) is 1. The van der Waals surface area contributed by atoms with Crippen LogP contribution in [0.3, 0.4) is 0 Å². The number of nitrogens with one attached hydrogen (secondary N) is 2. The minimum atomic E-state index is -0.516. The van der Waals surface area contributed by atoms with Gasteiger partial charge in [-0.05, 0) is 30.7 Å². The second-order valence-corrected chi connectivity index (χ2v) is 8.14. The first-order chi connectivity index (χ1) is 15.9. The highest BCUT2D eigenvalue weighted by atomic mass is 19.1. The molecule has 0 bridgehead atoms. The molecule has 172 valence electrons. The van der Waals surface area contributed by atoms with Gasteiger partial charge >= 0.3 is 0 Å². The van der Waals surface area contributed by atoms with Crippen molar-refractivity contribution < 1.29 is 12.0 Å². The lowest BCUT2D eigenvalue weighted by molar-refractivity contribution is 0.102. The van der Waals surface area contributed by atoms with E-state index in [4.69, 9.17) is 5.73 Å². The van der Waals surface area contributed by atoms with E-state index in [2.05, 4.69) is 31.2 Å². The fourth-order valence-corrected chi connectivity index (χ4v) is 4.36. The second-order valence-electron chi connectivity index (χ2n) is 8.14. The number of aromatic nitrogens is 3. The quantitative estimate of drug-likeness (QED) is 0.323. The Morgan fingerprint density at radius 1 is 1.36 bits per heavy atom. The molecule has 5 rings (SSSR count). The molecule has 4 aromatic rings. The van der Waals surface area contributed by atoms with E-state index in [-0.39, 0.29) is 8.50 Å². The number of aliphatic imine (C=N–C) groups is 1. The van der Waals surface area contributed by atoms with Crippen molar-refractivity contribution in [1.29, 1.82) is 0 Å². The van der Waals surface area contributed by atoms with Crippen molar-refractivity contribution in [2.24, 2.45) is 4.99 Å². The van der Waals surface area contributed by atoms with Gasteiger partial charge in [-0.15, -0.1) is 0 Å². The van der Waals surface area contributed by atoms with Crippen molar-refractivity contribution in [3.63, 3.8) is 0 Å². The highest BCUT2D eigenvalue weighted by molar-refractivity contribution is 6.11. The van der Waals surface area contributed by atoms with Gasteiger partial charge in [0.25, 0.3) is 5.91 Å². The predicted molar refractivity (Wildman–Crippen MR) is 132 cm³/mol. The summed E-state index contributed by atoms with van der Waals surface area (Å²) in [5.74, 6) is -0.941. The molecule has 0 radical (unpaired) electrons. The normalized spacial score (nSPS) is 13.6. The molecule has 0 saturated carbocycles. The van der Waals surface area contributed by atoms with Crippen LogP contribution in [0.25, 0.3) is 5.65 Å². The summed E-state index contributed by atoms with van der Waals surface area (Å²) in [4.78, 5) is 26.9. The van der Waals surface area contributed by atoms with Crippen molar-refractivity contribution in [1.82, 2.24) is 14.4 Å². The van der Waals surface area contributed by atoms with Gasteiger partial charge in [-0.1, -0.05) is 0 Å². The van der Waals surface area contributed by atoms with E-state index < -0.39 is 11.7 Å². The van der Waals surface area contributed by atoms with Crippen molar-refractivity contribution in [2.45, 2.75) is 19.9 Å². The van der Waals surface area contributed by atoms with E-state index in [1.165, 1.54) is 17.3 Å². The minimum Gasteiger partial charge on any atom is -0.397 e. The van der Waals surface area contributed by atoms with Crippen molar-refractivity contribution in [2.75, 3.05) is 29.5 Å². The number of nitrogens with zero attached hydrogens (tertiary/aromatic N) is 4. The Labute approximate surface area is 192 Å². The maximum absolute atomic E-state index is 14.4. The van der Waals surface area contributed by atoms with Crippen LogP contribution in [0.2, 0.25) is 0 Å². The largest absolute Gasteiger partial charge is 0.397 e. The minimum absolute atomic E-state index is 0. The monoisotopic (exact) mass is 449 g/mol. The van der Waals surface area contributed by atoms with Gasteiger partial charge in [-0.3, -0.25) is 9.79 Å². The number of amides is 1. The average Bonchev–Trinajstić information content (AvgIpc) is 3.40. The number of hydrogen-bond acceptors (Lipinski definition) is 5. The van der Waals surface area contributed by atoms with Crippen LogP contribution in [0, 0.1) is 12.7 Å². The first-order valence-corrected chi connectivity index (χ1v) is 10.7. The Morgan fingerprint density at radius 2 is 2.21 bits per heavy atom. The molecule has 0 unspecified atom stereocenters. The third-order valence-corrected chi connectivity index (χ3v) is 5.91. The van der Waals surface area contributed by atoms with Crippen LogP contribution in [0.4, 0.5) is 21.5 Å². The van der Waals surface area contributed by atoms with Crippen LogP contribution in [-0.4, -0.2) is 40.1 Å². The van der Waals surface area contributed by atoms with Gasteiger partial charge in [-0.25, -0.2) is 9.37 Å². The number of benzene rings is 1. The van der Waals surface area contributed by atoms with E-state index >= 15 is 0 Å². The van der Waals surface area contributed by atoms with Crippen LogP contribution in [0.15, 0.2) is 47.8 Å². The highest BCUT2D eigenvalue weighted by Crippen LogP contribution is 2.32. The zero-order valence-corrected chi connectivity index (χ0v) is 18.4. The molecule has 33 heavy (non-hydrogen) atoms. The Kier molecular flexibility index (Phi) is 5.08. The van der Waals surface area contributed by atoms with Gasteiger partial charge in [0.05, 0.1) is 22.6 Å². The molecule has 1 aliphatic heterocycles. The van der Waals surface area contributed by atoms with E-state index in [1.807, 2.05) is 12.3 Å². The van der Waals surface area contributed by atoms with Crippen LogP contribution < -0.4 is 16.0 Å². The Balaban J connectivity index is 0.00000171. The maximum atomic E-state index is 14.4. The number of nitrogen functional groups attached to an aromatic ring is 1. The molecule has 1 aliphatic rings. The van der Waals surface area contributed by atoms with Crippen LogP contribution >= 0.6 is 0 Å². The predicted octanol–water partition coefficient (Wildman–Crippen LogP) is 4.05. The lowest BCUT2D eigenvalue weighted by Gasteiger charge is -2.31. The summed E-state index contributed by atoms with van der Waals surface area (Å²) >= 11 is 0. The molecule has 0 atom stereocenters. The molecule has 3 aromatic heterocycles. The van der Waals surface area contributed by atoms with Gasteiger partial charge in [0, 0.05) is 77.2 Å². The second kappa shape index (κ2) is 8.09. The van der Waals surface area contributed by atoms with Crippen molar-refractivity contribution in [3.05, 3.63) is 76.8 Å². The molecule has 4 N–H and O–H groups in total. The van der Waals surface area contributed by atoms with Gasteiger partial charge in [-0.2, -0.15) is 0 Å². The van der Waals surface area contributed by atoms with E-state index in [9.17, 15) is 9.18 Å². The molecule has 0 fully saturated rings. The summed E-state index contributed by atoms with van der Waals surface area (Å²) < 4.78 is 16.0. The average molecular weight is 450 g/mol. The molecule has 0 spiro atoms. The fraction of sp³-hybridized carbons (Fsp3) is 0.208. The highest BCUT2D eigenvalue weighted by Gasteiger charge is 2.23. The Morgan fingerprint density at radius 3 is 3.03 bits per heavy atom. The molecule has 9 heteroatoms. The third kappa shape index (κ3) is 3.71. The number of carbonyl (C=O) groups excluding carboxylic acids is 1. The molecule has 4 heterocycles. The standard InChI is InChI=1S/C24H24FN7O.2H2/c1-14-11-32-13-16(9-19(25)23(32)29-14)30-24(33)17-3-4-21(18(10-27-2)22(17)26)31-8-6-20-15(12-31)5-7-28-20;;/h3-5,7,9-11,13,28H,6,8,12,26H2,1-2H3,(H,30,33);2*1H. The summed E-state index contributed by atoms with van der Waals surface area (Å²) in [7, 11) is 1.67. The topological polar surface area (TPSA) is 104 Å². The smallest absolute Gasteiger partial charge is 0.257 e. The van der Waals surface area contributed by atoms with Gasteiger partial charge in [0.15, 0.2) is 11.5 Å². The van der Waals surface area contributed by atoms with E-state index in [0.717, 1.165) is 25.2 Å². The number of H-pyrrole nitrogens is 1. The number of anilines is 3. The molecule has 0 saturated heterocycles. The van der Waals surface area contributed by atoms with Crippen LogP contribution in [-0.2, 0) is 13.0 Å². The lowest BCUT2D eigenvalue weighted by atomic mass is 10.0. The number of pyridine rings is 1. The number of carbonyl (C=O) groups is 1. The first-order valence-electron chi connectivity index (χ1n) is 10.7. The molecule has 8 nitrogen and oxygen atoms in total. The van der Waals surface area contributed by atoms with Gasteiger partial charge < -0.3 is 25.3 Å². The summed E-state index contributed by atoms with van der Waals surface area (Å²) in [5, 5.41) is 2.75. The SMILES string of the molecule is CN=Cc1c(N2CCc3[nH]ccc3C2)ccc(C(=O)Nc2cc(F)c3nc(C)cn3c2)c1N.[HH].[HH]. The molecule has 1 amide bonds. The maximum Gasteiger partial charge on any atom is 0.257 e. The summed E-state index contributed by atoms with van der Waals surface area (Å²) in [6, 6.07) is 6.93. The number of halogens is 1. The van der Waals surface area contributed by atoms with Gasteiger partial charge in [0.2, 0.25) is 0 Å². The summed E-state index contributed by atoms with van der Waals surface area (Å²) in [5.41, 5.74) is 12.4. The van der Waals surface area contributed by atoms with Crippen molar-refractivity contribution >= 4 is 34.8 Å². The number of hydrogen-bond donors (Lipinski definition) is 3. The third-order valence-electron chi connectivity index (χ3n) is 5.91. The molecular weight excluding hydrogens is 421 g/mol. The number of imidazole rings is 1. The Hall–Kier alpha value is -4.14. The van der Waals surface area contributed by atoms with Crippen molar-refractivity contribution in [3.8, 4) is 0 Å². The first kappa shape index (κ1) is 20.7. The molecular formula is C24H28FN7O. The summed E-state index contributed by atoms with van der Waals surface area (Å²) in [6.07, 6.45) is 7.84. The van der Waals surface area contributed by atoms with Crippen LogP contribution in [0.1, 0.15) is 35.7 Å². The van der Waals surface area contributed by atoms with E-state index in [0.29, 0.717) is 28.2 Å². The number of fused-ring (bicyclic) bond motifs is 2. The number of rotatable bonds is 4. The van der Waals surface area contributed by atoms with Gasteiger partial charge in [0.1, 0.15) is 0 Å². The molecule has 1 aromatic carbocycles. The van der Waals surface area contributed by atoms with Crippen LogP contribution in [0.5, 0.6) is 0 Å². The zero-order valence-electron chi connectivity index (χ0n) is 18.4.